The van der Waals surface area contributed by atoms with Crippen molar-refractivity contribution in [2.24, 2.45) is 11.8 Å². The Morgan fingerprint density at radius 3 is 2.73 bits per heavy atom. The van der Waals surface area contributed by atoms with Gasteiger partial charge in [-0.2, -0.15) is 0 Å². The van der Waals surface area contributed by atoms with Crippen LogP contribution in [0.25, 0.3) is 0 Å². The first-order valence-corrected chi connectivity index (χ1v) is 10.0. The van der Waals surface area contributed by atoms with Crippen molar-refractivity contribution in [3.63, 3.8) is 0 Å². The van der Waals surface area contributed by atoms with Crippen molar-refractivity contribution < 1.29 is 0 Å². The van der Waals surface area contributed by atoms with Gasteiger partial charge in [0.25, 0.3) is 0 Å². The molecule has 2 atom stereocenters. The Morgan fingerprint density at radius 1 is 1.20 bits per heavy atom. The Hall–Kier alpha value is -0.303. The van der Waals surface area contributed by atoms with Crippen molar-refractivity contribution in [1.82, 2.24) is 0 Å². The number of rotatable bonds is 2. The Bertz CT molecular complexity index is 280. The maximum atomic E-state index is 2.54. The van der Waals surface area contributed by atoms with Gasteiger partial charge in [0.1, 0.15) is 0 Å². The van der Waals surface area contributed by atoms with E-state index in [-0.39, 0.29) is 0 Å². The van der Waals surface area contributed by atoms with Crippen molar-refractivity contribution in [2.75, 3.05) is 0 Å². The van der Waals surface area contributed by atoms with E-state index >= 15 is 0 Å². The van der Waals surface area contributed by atoms with Gasteiger partial charge in [0.2, 0.25) is 0 Å². The van der Waals surface area contributed by atoms with Crippen LogP contribution in [0.5, 0.6) is 0 Å². The van der Waals surface area contributed by atoms with E-state index in [0.717, 1.165) is 11.8 Å². The van der Waals surface area contributed by atoms with E-state index in [1.54, 1.807) is 5.57 Å². The fourth-order valence-electron chi connectivity index (χ4n) is 2.89. The molecule has 0 aromatic rings. The molecule has 0 unspecified atom stereocenters. The van der Waals surface area contributed by atoms with E-state index in [0.29, 0.717) is 0 Å². The molecule has 15 heavy (non-hydrogen) atoms. The molecule has 1 fully saturated rings. The average Bonchev–Trinajstić information content (AvgIpc) is 2.57. The van der Waals surface area contributed by atoms with Crippen LogP contribution in [0.1, 0.15) is 32.1 Å². The topological polar surface area (TPSA) is 0 Å². The van der Waals surface area contributed by atoms with Crippen LogP contribution >= 0.6 is 0 Å². The molecule has 1 saturated carbocycles. The van der Waals surface area contributed by atoms with Crippen LogP contribution in [0.4, 0.5) is 0 Å². The lowest BCUT2D eigenvalue weighted by Crippen LogP contribution is -2.16. The quantitative estimate of drug-likeness (QED) is 0.473. The highest BCUT2D eigenvalue weighted by atomic mass is 28.3. The summed E-state index contributed by atoms with van der Waals surface area (Å²) in [5, 5.41) is 0. The van der Waals surface area contributed by atoms with E-state index < -0.39 is 8.07 Å². The van der Waals surface area contributed by atoms with E-state index in [4.69, 9.17) is 0 Å². The van der Waals surface area contributed by atoms with E-state index in [2.05, 4.69) is 37.5 Å². The predicted octanol–water partition coefficient (Wildman–Crippen LogP) is 4.56. The highest BCUT2D eigenvalue weighted by Gasteiger charge is 2.29. The highest BCUT2D eigenvalue weighted by molar-refractivity contribution is 6.80. The molecule has 0 aromatic carbocycles. The summed E-state index contributed by atoms with van der Waals surface area (Å²) in [5.74, 6) is 1.76. The Kier molecular flexibility index (Phi) is 3.20. The van der Waals surface area contributed by atoms with Gasteiger partial charge in [-0.1, -0.05) is 43.1 Å². The zero-order valence-electron chi connectivity index (χ0n) is 10.4. The first-order chi connectivity index (χ1) is 7.06. The van der Waals surface area contributed by atoms with Crippen molar-refractivity contribution >= 4 is 8.07 Å². The van der Waals surface area contributed by atoms with E-state index in [1.807, 2.05) is 0 Å². The minimum Gasteiger partial charge on any atom is -0.0983 e. The molecule has 2 aliphatic rings. The third kappa shape index (κ3) is 2.84. The molecule has 2 aliphatic carbocycles. The third-order valence-corrected chi connectivity index (χ3v) is 4.88. The lowest BCUT2D eigenvalue weighted by molar-refractivity contribution is 0.525. The smallest absolute Gasteiger partial charge is 0.0683 e. The number of fused-ring (bicyclic) bond motifs is 1. The fourth-order valence-corrected chi connectivity index (χ4v) is 3.70. The lowest BCUT2D eigenvalue weighted by atomic mass is 9.87. The maximum Gasteiger partial charge on any atom is 0.0683 e. The van der Waals surface area contributed by atoms with Crippen molar-refractivity contribution in [3.8, 4) is 0 Å². The van der Waals surface area contributed by atoms with Gasteiger partial charge in [0.05, 0.1) is 8.07 Å². The van der Waals surface area contributed by atoms with Crippen molar-refractivity contribution in [1.29, 1.82) is 0 Å². The van der Waals surface area contributed by atoms with Crippen LogP contribution in [0, 0.1) is 11.8 Å². The van der Waals surface area contributed by atoms with Crippen molar-refractivity contribution in [3.05, 3.63) is 23.4 Å². The summed E-state index contributed by atoms with van der Waals surface area (Å²) in [7, 11) is -0.989. The summed E-state index contributed by atoms with van der Waals surface area (Å²) < 4.78 is 0. The predicted molar refractivity (Wildman–Crippen MR) is 70.6 cm³/mol. The van der Waals surface area contributed by atoms with E-state index in [1.165, 1.54) is 32.1 Å². The number of allylic oxidation sites excluding steroid dienone is 3. The molecule has 0 bridgehead atoms. The van der Waals surface area contributed by atoms with Gasteiger partial charge < -0.3 is 0 Å². The van der Waals surface area contributed by atoms with Gasteiger partial charge in [0, 0.05) is 0 Å². The molecule has 0 aliphatic heterocycles. The molecule has 0 saturated heterocycles. The second kappa shape index (κ2) is 4.29. The minimum atomic E-state index is -0.989. The first kappa shape index (κ1) is 11.2. The van der Waals surface area contributed by atoms with Crippen LogP contribution in [-0.2, 0) is 0 Å². The summed E-state index contributed by atoms with van der Waals surface area (Å²) in [4.78, 5) is 0. The van der Waals surface area contributed by atoms with Gasteiger partial charge in [0.15, 0.2) is 0 Å². The molecule has 1 heteroatoms. The normalized spacial score (nSPS) is 31.8. The van der Waals surface area contributed by atoms with Crippen molar-refractivity contribution in [2.45, 2.75) is 51.7 Å². The van der Waals surface area contributed by atoms with Gasteiger partial charge >= 0.3 is 0 Å². The number of hydrogen-bond donors (Lipinski definition) is 0. The van der Waals surface area contributed by atoms with Crippen LogP contribution in [0.15, 0.2) is 23.4 Å². The standard InChI is InChI=1S/C14H24Si/c1-15(2,3)11-10-13-9-8-12-6-4-5-7-14(12)13/h7,10-13H,4-6,8-9H2,1-3H3/b11-10+/t12-,13+/m1/s1. The zero-order chi connectivity index (χ0) is 10.9. The molecule has 0 nitrogen and oxygen atoms in total. The molecule has 0 amide bonds. The molecule has 0 spiro atoms. The van der Waals surface area contributed by atoms with Gasteiger partial charge in [-0.05, 0) is 43.9 Å². The number of hydrogen-bond acceptors (Lipinski definition) is 0. The van der Waals surface area contributed by atoms with Crippen LogP contribution in [-0.4, -0.2) is 8.07 Å². The van der Waals surface area contributed by atoms with Crippen LogP contribution in [0.2, 0.25) is 19.6 Å². The molecule has 0 N–H and O–H groups in total. The zero-order valence-corrected chi connectivity index (χ0v) is 11.4. The Balaban J connectivity index is 2.05. The van der Waals surface area contributed by atoms with E-state index in [9.17, 15) is 0 Å². The third-order valence-electron chi connectivity index (χ3n) is 3.69. The van der Waals surface area contributed by atoms with Gasteiger partial charge in [-0.25, -0.2) is 0 Å². The SMILES string of the molecule is C[Si](C)(C)/C=C/[C@@H]1CC[C@H]2CCCC=C21. The molecule has 2 rings (SSSR count). The molecule has 0 aromatic heterocycles. The molecule has 0 heterocycles. The summed E-state index contributed by atoms with van der Waals surface area (Å²) in [6, 6.07) is 0. The highest BCUT2D eigenvalue weighted by Crippen LogP contribution is 2.43. The van der Waals surface area contributed by atoms with Gasteiger partial charge in [-0.15, -0.1) is 0 Å². The molecular weight excluding hydrogens is 196 g/mol. The first-order valence-electron chi connectivity index (χ1n) is 6.45. The fraction of sp³-hybridized carbons (Fsp3) is 0.714. The second-order valence-electron chi connectivity index (χ2n) is 6.24. The minimum absolute atomic E-state index is 0.807. The summed E-state index contributed by atoms with van der Waals surface area (Å²) >= 11 is 0. The van der Waals surface area contributed by atoms with Crippen LogP contribution in [0.3, 0.4) is 0 Å². The Labute approximate surface area is 95.5 Å². The molecular formula is C14H24Si. The maximum absolute atomic E-state index is 2.54. The summed E-state index contributed by atoms with van der Waals surface area (Å²) in [6.45, 7) is 7.27. The second-order valence-corrected chi connectivity index (χ2v) is 11.3. The summed E-state index contributed by atoms with van der Waals surface area (Å²) in [6.07, 6.45) is 12.2. The van der Waals surface area contributed by atoms with Crippen LogP contribution < -0.4 is 0 Å². The largest absolute Gasteiger partial charge is 0.0983 e. The Morgan fingerprint density at radius 2 is 2.00 bits per heavy atom. The lowest BCUT2D eigenvalue weighted by Gasteiger charge is -2.20. The summed E-state index contributed by atoms with van der Waals surface area (Å²) in [5.41, 5.74) is 4.32. The van der Waals surface area contributed by atoms with Gasteiger partial charge in [-0.3, -0.25) is 0 Å². The molecule has 0 radical (unpaired) electrons. The molecule has 84 valence electrons. The average molecular weight is 220 g/mol. The monoisotopic (exact) mass is 220 g/mol.